The second-order valence-electron chi connectivity index (χ2n) is 5.81. The van der Waals surface area contributed by atoms with Gasteiger partial charge in [0.05, 0.1) is 12.0 Å². The van der Waals surface area contributed by atoms with Crippen LogP contribution in [0.15, 0.2) is 18.2 Å². The van der Waals surface area contributed by atoms with Crippen LogP contribution in [-0.2, 0) is 11.3 Å². The van der Waals surface area contributed by atoms with E-state index in [9.17, 15) is 4.79 Å². The lowest BCUT2D eigenvalue weighted by Gasteiger charge is -2.38. The third-order valence-electron chi connectivity index (χ3n) is 4.53. The molecule has 2 heterocycles. The van der Waals surface area contributed by atoms with Gasteiger partial charge in [0.1, 0.15) is 0 Å². The van der Waals surface area contributed by atoms with Crippen LogP contribution in [0.3, 0.4) is 0 Å². The van der Waals surface area contributed by atoms with Crippen LogP contribution in [-0.4, -0.2) is 31.6 Å². The summed E-state index contributed by atoms with van der Waals surface area (Å²) < 4.78 is 0. The van der Waals surface area contributed by atoms with Gasteiger partial charge >= 0.3 is 0 Å². The number of nitrogens with one attached hydrogen (secondary N) is 2. The number of nitrogens with zero attached hydrogens (tertiary/aromatic N) is 1. The number of rotatable bonds is 4. The van der Waals surface area contributed by atoms with E-state index in [1.54, 1.807) is 0 Å². The molecule has 2 aliphatic rings. The number of piperidine rings is 1. The molecule has 3 rings (SSSR count). The predicted octanol–water partition coefficient (Wildman–Crippen LogP) is 2.16. The molecular formula is C16H22ClN3O. The minimum atomic E-state index is 0.138. The molecule has 1 amide bonds. The van der Waals surface area contributed by atoms with Gasteiger partial charge in [0, 0.05) is 30.3 Å². The van der Waals surface area contributed by atoms with Crippen LogP contribution in [0.4, 0.5) is 5.69 Å². The summed E-state index contributed by atoms with van der Waals surface area (Å²) >= 11 is 6.41. The van der Waals surface area contributed by atoms with Gasteiger partial charge in [0.2, 0.25) is 5.91 Å². The molecule has 2 unspecified atom stereocenters. The first kappa shape index (κ1) is 14.7. The number of fused-ring (bicyclic) bond motifs is 1. The van der Waals surface area contributed by atoms with Crippen molar-refractivity contribution < 1.29 is 4.79 Å². The van der Waals surface area contributed by atoms with Crippen molar-refractivity contribution in [1.82, 2.24) is 10.6 Å². The minimum Gasteiger partial charge on any atom is -0.366 e. The molecule has 2 fully saturated rings. The van der Waals surface area contributed by atoms with Crippen molar-refractivity contribution in [3.05, 3.63) is 28.8 Å². The number of hydrogen-bond acceptors (Lipinski definition) is 3. The van der Waals surface area contributed by atoms with Crippen molar-refractivity contribution in [3.8, 4) is 0 Å². The highest BCUT2D eigenvalue weighted by Crippen LogP contribution is 2.33. The molecule has 4 nitrogen and oxygen atoms in total. The highest BCUT2D eigenvalue weighted by Gasteiger charge is 2.40. The summed E-state index contributed by atoms with van der Waals surface area (Å²) in [4.78, 5) is 14.2. The lowest BCUT2D eigenvalue weighted by molar-refractivity contribution is -0.122. The third kappa shape index (κ3) is 2.87. The van der Waals surface area contributed by atoms with Gasteiger partial charge < -0.3 is 15.5 Å². The Labute approximate surface area is 130 Å². The van der Waals surface area contributed by atoms with Crippen LogP contribution in [0.2, 0.25) is 5.02 Å². The zero-order valence-electron chi connectivity index (χ0n) is 12.4. The Morgan fingerprint density at radius 3 is 3.10 bits per heavy atom. The van der Waals surface area contributed by atoms with Crippen LogP contribution in [0.25, 0.3) is 0 Å². The SMILES string of the molecule is CCNCc1ccc(N2CCCC3C(=O)NCC32)cc1Cl. The number of anilines is 1. The van der Waals surface area contributed by atoms with Crippen LogP contribution < -0.4 is 15.5 Å². The van der Waals surface area contributed by atoms with Crippen LogP contribution in [0.1, 0.15) is 25.3 Å². The number of hydrogen-bond donors (Lipinski definition) is 2. The molecule has 0 aromatic heterocycles. The maximum atomic E-state index is 11.9. The molecule has 0 radical (unpaired) electrons. The monoisotopic (exact) mass is 307 g/mol. The molecule has 21 heavy (non-hydrogen) atoms. The Kier molecular flexibility index (Phi) is 4.36. The summed E-state index contributed by atoms with van der Waals surface area (Å²) in [6, 6.07) is 6.54. The number of benzene rings is 1. The Morgan fingerprint density at radius 1 is 1.48 bits per heavy atom. The minimum absolute atomic E-state index is 0.138. The summed E-state index contributed by atoms with van der Waals surface area (Å²) in [5.74, 6) is 0.346. The number of amides is 1. The van der Waals surface area contributed by atoms with Gasteiger partial charge in [-0.1, -0.05) is 24.6 Å². The standard InChI is InChI=1S/C16H22ClN3O/c1-2-18-9-11-5-6-12(8-14(11)17)20-7-3-4-13-15(20)10-19-16(13)21/h5-6,8,13,15,18H,2-4,7,9-10H2,1H3,(H,19,21). The number of carbonyl (C=O) groups excluding carboxylic acids is 1. The third-order valence-corrected chi connectivity index (χ3v) is 4.89. The fourth-order valence-electron chi connectivity index (χ4n) is 3.39. The summed E-state index contributed by atoms with van der Waals surface area (Å²) in [5, 5.41) is 7.09. The summed E-state index contributed by atoms with van der Waals surface area (Å²) in [6.07, 6.45) is 2.06. The van der Waals surface area contributed by atoms with E-state index in [1.165, 1.54) is 0 Å². The van der Waals surface area contributed by atoms with Gasteiger partial charge in [0.25, 0.3) is 0 Å². The van der Waals surface area contributed by atoms with Crippen molar-refractivity contribution in [2.45, 2.75) is 32.4 Å². The number of halogens is 1. The smallest absolute Gasteiger partial charge is 0.225 e. The molecule has 0 aliphatic carbocycles. The van der Waals surface area contributed by atoms with Crippen molar-refractivity contribution in [1.29, 1.82) is 0 Å². The predicted molar refractivity (Wildman–Crippen MR) is 85.7 cm³/mol. The van der Waals surface area contributed by atoms with E-state index in [0.717, 1.165) is 55.3 Å². The topological polar surface area (TPSA) is 44.4 Å². The Bertz CT molecular complexity index is 534. The first-order chi connectivity index (χ1) is 10.2. The summed E-state index contributed by atoms with van der Waals surface area (Å²) in [5.41, 5.74) is 2.25. The highest BCUT2D eigenvalue weighted by molar-refractivity contribution is 6.31. The fourth-order valence-corrected chi connectivity index (χ4v) is 3.63. The van der Waals surface area contributed by atoms with Crippen molar-refractivity contribution in [3.63, 3.8) is 0 Å². The molecule has 0 bridgehead atoms. The van der Waals surface area contributed by atoms with Gasteiger partial charge in [-0.25, -0.2) is 0 Å². The average Bonchev–Trinajstić information content (AvgIpc) is 2.88. The van der Waals surface area contributed by atoms with Crippen molar-refractivity contribution in [2.75, 3.05) is 24.5 Å². The van der Waals surface area contributed by atoms with E-state index in [0.29, 0.717) is 0 Å². The van der Waals surface area contributed by atoms with Gasteiger partial charge in [-0.3, -0.25) is 4.79 Å². The molecule has 2 saturated heterocycles. The molecular weight excluding hydrogens is 286 g/mol. The molecule has 1 aromatic rings. The van der Waals surface area contributed by atoms with Gasteiger partial charge in [-0.15, -0.1) is 0 Å². The fraction of sp³-hybridized carbons (Fsp3) is 0.562. The maximum Gasteiger partial charge on any atom is 0.225 e. The van der Waals surface area contributed by atoms with E-state index >= 15 is 0 Å². The van der Waals surface area contributed by atoms with Crippen molar-refractivity contribution >= 4 is 23.2 Å². The van der Waals surface area contributed by atoms with Crippen molar-refractivity contribution in [2.24, 2.45) is 5.92 Å². The van der Waals surface area contributed by atoms with Crippen LogP contribution in [0, 0.1) is 5.92 Å². The molecule has 0 spiro atoms. The first-order valence-corrected chi connectivity index (χ1v) is 8.12. The molecule has 5 heteroatoms. The van der Waals surface area contributed by atoms with Gasteiger partial charge in [-0.2, -0.15) is 0 Å². The lowest BCUT2D eigenvalue weighted by atomic mass is 9.91. The van der Waals surface area contributed by atoms with E-state index < -0.39 is 0 Å². The normalized spacial score (nSPS) is 24.9. The Balaban J connectivity index is 1.80. The zero-order valence-corrected chi connectivity index (χ0v) is 13.1. The first-order valence-electron chi connectivity index (χ1n) is 7.74. The Morgan fingerprint density at radius 2 is 2.33 bits per heavy atom. The van der Waals surface area contributed by atoms with Gasteiger partial charge in [-0.05, 0) is 37.1 Å². The summed E-state index contributed by atoms with van der Waals surface area (Å²) in [7, 11) is 0. The van der Waals surface area contributed by atoms with E-state index in [-0.39, 0.29) is 17.9 Å². The van der Waals surface area contributed by atoms with Crippen LogP contribution in [0.5, 0.6) is 0 Å². The molecule has 2 N–H and O–H groups in total. The molecule has 2 atom stereocenters. The quantitative estimate of drug-likeness (QED) is 0.896. The number of carbonyl (C=O) groups is 1. The average molecular weight is 308 g/mol. The van der Waals surface area contributed by atoms with E-state index in [2.05, 4.69) is 34.6 Å². The zero-order chi connectivity index (χ0) is 14.8. The van der Waals surface area contributed by atoms with Gasteiger partial charge in [0.15, 0.2) is 0 Å². The largest absolute Gasteiger partial charge is 0.366 e. The summed E-state index contributed by atoms with van der Waals surface area (Å²) in [6.45, 7) is 5.56. The second-order valence-corrected chi connectivity index (χ2v) is 6.22. The van der Waals surface area contributed by atoms with Crippen LogP contribution >= 0.6 is 11.6 Å². The molecule has 1 aromatic carbocycles. The van der Waals surface area contributed by atoms with E-state index in [4.69, 9.17) is 11.6 Å². The Hall–Kier alpha value is -1.26. The highest BCUT2D eigenvalue weighted by atomic mass is 35.5. The molecule has 114 valence electrons. The van der Waals surface area contributed by atoms with E-state index in [1.807, 2.05) is 6.07 Å². The molecule has 0 saturated carbocycles. The second kappa shape index (κ2) is 6.24. The molecule has 2 aliphatic heterocycles. The lowest BCUT2D eigenvalue weighted by Crippen LogP contribution is -2.45. The maximum absolute atomic E-state index is 11.9.